The van der Waals surface area contributed by atoms with Crippen LogP contribution < -0.4 is 0 Å². The Labute approximate surface area is 101 Å². The molecule has 0 saturated carbocycles. The molecule has 0 aliphatic heterocycles. The molecule has 8 heteroatoms. The van der Waals surface area contributed by atoms with Crippen LogP contribution in [0.4, 0.5) is 13.2 Å². The highest BCUT2D eigenvalue weighted by Crippen LogP contribution is 2.30. The summed E-state index contributed by atoms with van der Waals surface area (Å²) in [6.45, 7) is 0. The number of alkyl halides is 3. The molecule has 0 unspecified atom stereocenters. The Hall–Kier alpha value is -1.83. The topological polar surface area (TPSA) is 52.0 Å². The van der Waals surface area contributed by atoms with Gasteiger partial charge in [0, 0.05) is 18.1 Å². The molecule has 0 bridgehead atoms. The van der Waals surface area contributed by atoms with Gasteiger partial charge in [-0.3, -0.25) is 0 Å². The summed E-state index contributed by atoms with van der Waals surface area (Å²) >= 11 is 0. The first-order chi connectivity index (χ1) is 8.32. The molecule has 0 amide bonds. The first-order valence-electron chi connectivity index (χ1n) is 4.72. The Bertz CT molecular complexity index is 631. The van der Waals surface area contributed by atoms with Gasteiger partial charge in [0.25, 0.3) is 9.84 Å². The fraction of sp³-hybridized carbons (Fsp3) is 0.100. The van der Waals surface area contributed by atoms with Gasteiger partial charge in [-0.05, 0) is 24.3 Å². The van der Waals surface area contributed by atoms with Crippen LogP contribution in [-0.2, 0) is 9.84 Å². The molecule has 4 nitrogen and oxygen atoms in total. The van der Waals surface area contributed by atoms with E-state index < -0.39 is 20.2 Å². The molecule has 96 valence electrons. The third-order valence-electron chi connectivity index (χ3n) is 2.25. The van der Waals surface area contributed by atoms with Crippen molar-refractivity contribution in [3.8, 4) is 5.69 Å². The summed E-state index contributed by atoms with van der Waals surface area (Å²) in [5, 5.41) is 0. The molecule has 0 saturated heterocycles. The van der Waals surface area contributed by atoms with Crippen molar-refractivity contribution < 1.29 is 21.6 Å². The summed E-state index contributed by atoms with van der Waals surface area (Å²) < 4.78 is 60.6. The lowest BCUT2D eigenvalue weighted by molar-refractivity contribution is -0.0436. The van der Waals surface area contributed by atoms with Crippen molar-refractivity contribution in [1.82, 2.24) is 9.55 Å². The molecule has 0 radical (unpaired) electrons. The highest BCUT2D eigenvalue weighted by Gasteiger charge is 2.46. The second-order valence-electron chi connectivity index (χ2n) is 3.41. The minimum absolute atomic E-state index is 0.522. The van der Waals surface area contributed by atoms with Gasteiger partial charge >= 0.3 is 5.51 Å². The van der Waals surface area contributed by atoms with Gasteiger partial charge in [0.15, 0.2) is 0 Å². The summed E-state index contributed by atoms with van der Waals surface area (Å²) in [5.41, 5.74) is -4.77. The summed E-state index contributed by atoms with van der Waals surface area (Å²) in [6, 6.07) is 4.39. The normalized spacial score (nSPS) is 12.6. The van der Waals surface area contributed by atoms with E-state index in [2.05, 4.69) is 4.98 Å². The maximum absolute atomic E-state index is 12.3. The van der Waals surface area contributed by atoms with E-state index in [1.807, 2.05) is 0 Å². The van der Waals surface area contributed by atoms with Crippen LogP contribution in [0.25, 0.3) is 5.69 Å². The summed E-state index contributed by atoms with van der Waals surface area (Å²) in [4.78, 5) is 2.99. The molecule has 1 aromatic carbocycles. The van der Waals surface area contributed by atoms with Gasteiger partial charge in [0.1, 0.15) is 0 Å². The zero-order chi connectivity index (χ0) is 13.4. The zero-order valence-corrected chi connectivity index (χ0v) is 9.61. The van der Waals surface area contributed by atoms with Crippen LogP contribution >= 0.6 is 0 Å². The monoisotopic (exact) mass is 276 g/mol. The van der Waals surface area contributed by atoms with Gasteiger partial charge in [-0.2, -0.15) is 13.2 Å². The second kappa shape index (κ2) is 4.13. The third kappa shape index (κ3) is 2.10. The largest absolute Gasteiger partial charge is 0.501 e. The van der Waals surface area contributed by atoms with Gasteiger partial charge in [0.2, 0.25) is 0 Å². The Balaban J connectivity index is 2.40. The molecule has 2 rings (SSSR count). The summed E-state index contributed by atoms with van der Waals surface area (Å²) in [5.74, 6) is 0. The van der Waals surface area contributed by atoms with Crippen molar-refractivity contribution in [2.24, 2.45) is 0 Å². The van der Waals surface area contributed by atoms with E-state index >= 15 is 0 Å². The SMILES string of the molecule is O=S(=O)(c1ccc(-n2ccnc2)cc1)C(F)(F)F. The first-order valence-corrected chi connectivity index (χ1v) is 6.20. The number of rotatable bonds is 2. The Kier molecular flexibility index (Phi) is 2.89. The molecule has 0 aliphatic rings. The average molecular weight is 276 g/mol. The van der Waals surface area contributed by atoms with Crippen LogP contribution in [0.1, 0.15) is 0 Å². The molecular formula is C10H7F3N2O2S. The van der Waals surface area contributed by atoms with Crippen molar-refractivity contribution in [3.63, 3.8) is 0 Å². The summed E-state index contributed by atoms with van der Waals surface area (Å²) in [7, 11) is -5.29. The number of benzene rings is 1. The second-order valence-corrected chi connectivity index (χ2v) is 5.35. The van der Waals surface area contributed by atoms with Gasteiger partial charge in [0.05, 0.1) is 11.2 Å². The molecule has 18 heavy (non-hydrogen) atoms. The van der Waals surface area contributed by atoms with Crippen molar-refractivity contribution in [2.45, 2.75) is 10.4 Å². The molecule has 0 atom stereocenters. The number of hydrogen-bond donors (Lipinski definition) is 0. The molecular weight excluding hydrogens is 269 g/mol. The predicted molar refractivity (Wildman–Crippen MR) is 56.8 cm³/mol. The molecule has 0 N–H and O–H groups in total. The quantitative estimate of drug-likeness (QED) is 0.844. The van der Waals surface area contributed by atoms with Crippen LogP contribution in [0.15, 0.2) is 47.9 Å². The van der Waals surface area contributed by atoms with Crippen molar-refractivity contribution in [2.75, 3.05) is 0 Å². The van der Waals surface area contributed by atoms with E-state index in [-0.39, 0.29) is 0 Å². The smallest absolute Gasteiger partial charge is 0.306 e. The van der Waals surface area contributed by atoms with Gasteiger partial charge < -0.3 is 4.57 Å². The van der Waals surface area contributed by atoms with Crippen molar-refractivity contribution in [3.05, 3.63) is 43.0 Å². The average Bonchev–Trinajstić information content (AvgIpc) is 2.81. The van der Waals surface area contributed by atoms with E-state index in [0.717, 1.165) is 12.1 Å². The van der Waals surface area contributed by atoms with Crippen LogP contribution in [-0.4, -0.2) is 23.5 Å². The van der Waals surface area contributed by atoms with E-state index in [0.29, 0.717) is 5.69 Å². The molecule has 1 heterocycles. The van der Waals surface area contributed by atoms with E-state index in [9.17, 15) is 21.6 Å². The van der Waals surface area contributed by atoms with E-state index in [1.165, 1.54) is 24.7 Å². The van der Waals surface area contributed by atoms with Crippen molar-refractivity contribution >= 4 is 9.84 Å². The lowest BCUT2D eigenvalue weighted by atomic mass is 10.3. The predicted octanol–water partition coefficient (Wildman–Crippen LogP) is 2.17. The lowest BCUT2D eigenvalue weighted by Gasteiger charge is -2.08. The van der Waals surface area contributed by atoms with E-state index in [1.54, 1.807) is 10.8 Å². The number of sulfone groups is 1. The Morgan fingerprint density at radius 2 is 1.72 bits per heavy atom. The number of imidazole rings is 1. The molecule has 1 aromatic heterocycles. The Morgan fingerprint density at radius 1 is 1.11 bits per heavy atom. The maximum atomic E-state index is 12.3. The minimum atomic E-state index is -5.29. The van der Waals surface area contributed by atoms with Crippen LogP contribution in [0, 0.1) is 0 Å². The van der Waals surface area contributed by atoms with Gasteiger partial charge in [-0.25, -0.2) is 13.4 Å². The number of aromatic nitrogens is 2. The first kappa shape index (κ1) is 12.6. The molecule has 0 fully saturated rings. The van der Waals surface area contributed by atoms with Crippen LogP contribution in [0.5, 0.6) is 0 Å². The zero-order valence-electron chi connectivity index (χ0n) is 8.79. The van der Waals surface area contributed by atoms with Crippen LogP contribution in [0.2, 0.25) is 0 Å². The fourth-order valence-electron chi connectivity index (χ4n) is 1.34. The number of halogens is 3. The highest BCUT2D eigenvalue weighted by molar-refractivity contribution is 7.92. The standard InChI is InChI=1S/C10H7F3N2O2S/c11-10(12,13)18(16,17)9-3-1-8(2-4-9)15-6-5-14-7-15/h1-7H. The fourth-order valence-corrected chi connectivity index (χ4v) is 2.10. The van der Waals surface area contributed by atoms with E-state index in [4.69, 9.17) is 0 Å². The number of hydrogen-bond acceptors (Lipinski definition) is 3. The van der Waals surface area contributed by atoms with Gasteiger partial charge in [-0.15, -0.1) is 0 Å². The van der Waals surface area contributed by atoms with Gasteiger partial charge in [-0.1, -0.05) is 0 Å². The summed E-state index contributed by atoms with van der Waals surface area (Å²) in [6.07, 6.45) is 4.54. The van der Waals surface area contributed by atoms with Crippen molar-refractivity contribution in [1.29, 1.82) is 0 Å². The number of nitrogens with zero attached hydrogens (tertiary/aromatic N) is 2. The maximum Gasteiger partial charge on any atom is 0.501 e. The third-order valence-corrected chi connectivity index (χ3v) is 3.76. The molecule has 0 aliphatic carbocycles. The highest BCUT2D eigenvalue weighted by atomic mass is 32.2. The minimum Gasteiger partial charge on any atom is -0.306 e. The lowest BCUT2D eigenvalue weighted by Crippen LogP contribution is -2.23. The van der Waals surface area contributed by atoms with Crippen LogP contribution in [0.3, 0.4) is 0 Å². The molecule has 2 aromatic rings. The Morgan fingerprint density at radius 3 is 2.17 bits per heavy atom. The molecule has 0 spiro atoms.